The Morgan fingerprint density at radius 2 is 1.83 bits per heavy atom. The molecule has 1 unspecified atom stereocenters. The van der Waals surface area contributed by atoms with Crippen LogP contribution in [0.3, 0.4) is 0 Å². The van der Waals surface area contributed by atoms with Gasteiger partial charge in [0.05, 0.1) is 17.5 Å². The third-order valence-electron chi connectivity index (χ3n) is 5.77. The molecule has 1 fully saturated rings. The molecular formula is C25H19F3N2O6. The van der Waals surface area contributed by atoms with Crippen molar-refractivity contribution in [1.82, 2.24) is 10.3 Å². The van der Waals surface area contributed by atoms with Gasteiger partial charge in [-0.2, -0.15) is 13.2 Å². The molecule has 2 aromatic carbocycles. The van der Waals surface area contributed by atoms with Crippen LogP contribution in [0.2, 0.25) is 0 Å². The van der Waals surface area contributed by atoms with Gasteiger partial charge in [0, 0.05) is 28.8 Å². The van der Waals surface area contributed by atoms with Gasteiger partial charge in [0.25, 0.3) is 5.56 Å². The van der Waals surface area contributed by atoms with Gasteiger partial charge in [-0.3, -0.25) is 9.59 Å². The third kappa shape index (κ3) is 5.29. The van der Waals surface area contributed by atoms with E-state index in [1.165, 1.54) is 30.3 Å². The summed E-state index contributed by atoms with van der Waals surface area (Å²) in [5, 5.41) is 11.8. The first-order chi connectivity index (χ1) is 17.0. The van der Waals surface area contributed by atoms with Gasteiger partial charge in [0.15, 0.2) is 0 Å². The largest absolute Gasteiger partial charge is 0.478 e. The Kier molecular flexibility index (Phi) is 6.65. The Morgan fingerprint density at radius 1 is 1.08 bits per heavy atom. The lowest BCUT2D eigenvalue weighted by Crippen LogP contribution is -2.30. The van der Waals surface area contributed by atoms with Crippen LogP contribution in [-0.4, -0.2) is 40.6 Å². The number of alkyl halides is 3. The number of rotatable bonds is 6. The predicted octanol–water partition coefficient (Wildman–Crippen LogP) is 3.37. The number of pyridine rings is 1. The van der Waals surface area contributed by atoms with Crippen molar-refractivity contribution in [2.24, 2.45) is 0 Å². The number of benzene rings is 2. The number of aliphatic carboxylic acids is 1. The standard InChI is InChI=1S/C25H19F3N2O6/c26-25(27,28)19-4-2-1-3-16(19)20-10-14-6-5-13(9-17(14)24(35)30-20)18-11-15(29-23(18)34)12-36-22(33)8-7-21(31)32/h1-10,15,18H,11-12H2,(H,29,34)(H,30,35)(H,31,32)/b8-7+/t15?,18-/m1/s1. The maximum absolute atomic E-state index is 13.4. The lowest BCUT2D eigenvalue weighted by Gasteiger charge is -2.14. The monoisotopic (exact) mass is 500 g/mol. The number of hydrogen-bond acceptors (Lipinski definition) is 5. The van der Waals surface area contributed by atoms with E-state index in [2.05, 4.69) is 10.3 Å². The van der Waals surface area contributed by atoms with Crippen molar-refractivity contribution in [2.75, 3.05) is 6.61 Å². The minimum atomic E-state index is -4.60. The highest BCUT2D eigenvalue weighted by molar-refractivity contribution is 5.91. The first kappa shape index (κ1) is 24.7. The molecule has 2 atom stereocenters. The summed E-state index contributed by atoms with van der Waals surface area (Å²) in [4.78, 5) is 49.8. The fourth-order valence-electron chi connectivity index (χ4n) is 4.12. The summed E-state index contributed by atoms with van der Waals surface area (Å²) in [6, 6.07) is 10.6. The number of H-pyrrole nitrogens is 1. The van der Waals surface area contributed by atoms with Gasteiger partial charge >= 0.3 is 18.1 Å². The van der Waals surface area contributed by atoms with Crippen molar-refractivity contribution >= 4 is 28.6 Å². The van der Waals surface area contributed by atoms with Gasteiger partial charge < -0.3 is 20.1 Å². The first-order valence-electron chi connectivity index (χ1n) is 10.7. The van der Waals surface area contributed by atoms with Gasteiger partial charge in [-0.05, 0) is 35.6 Å². The smallest absolute Gasteiger partial charge is 0.417 e. The average molecular weight is 500 g/mol. The second kappa shape index (κ2) is 9.68. The highest BCUT2D eigenvalue weighted by Gasteiger charge is 2.35. The van der Waals surface area contributed by atoms with Crippen LogP contribution in [-0.2, 0) is 25.3 Å². The van der Waals surface area contributed by atoms with Gasteiger partial charge in [-0.15, -0.1) is 0 Å². The molecule has 3 aromatic rings. The topological polar surface area (TPSA) is 126 Å². The van der Waals surface area contributed by atoms with Crippen LogP contribution >= 0.6 is 0 Å². The number of fused-ring (bicyclic) bond motifs is 1. The molecule has 186 valence electrons. The second-order valence-corrected chi connectivity index (χ2v) is 8.20. The van der Waals surface area contributed by atoms with Crippen molar-refractivity contribution in [3.05, 3.63) is 82.2 Å². The van der Waals surface area contributed by atoms with Gasteiger partial charge in [0.2, 0.25) is 5.91 Å². The molecule has 8 nitrogen and oxygen atoms in total. The lowest BCUT2D eigenvalue weighted by atomic mass is 9.93. The molecule has 0 aliphatic carbocycles. The molecule has 2 heterocycles. The van der Waals surface area contributed by atoms with Gasteiger partial charge in [0.1, 0.15) is 6.61 Å². The quantitative estimate of drug-likeness (QED) is 0.352. The summed E-state index contributed by atoms with van der Waals surface area (Å²) in [6.45, 7) is -0.166. The number of carboxylic acids is 1. The number of ether oxygens (including phenoxy) is 1. The molecular weight excluding hydrogens is 481 g/mol. The maximum Gasteiger partial charge on any atom is 0.417 e. The third-order valence-corrected chi connectivity index (χ3v) is 5.77. The Bertz CT molecular complexity index is 1440. The molecule has 11 heteroatoms. The number of halogens is 3. The van der Waals surface area contributed by atoms with Crippen LogP contribution in [0.4, 0.5) is 13.2 Å². The predicted molar refractivity (Wildman–Crippen MR) is 122 cm³/mol. The second-order valence-electron chi connectivity index (χ2n) is 8.20. The first-order valence-corrected chi connectivity index (χ1v) is 10.7. The van der Waals surface area contributed by atoms with E-state index in [1.807, 2.05) is 0 Å². The lowest BCUT2D eigenvalue weighted by molar-refractivity contribution is -0.139. The fraction of sp³-hybridized carbons (Fsp3) is 0.200. The van der Waals surface area contributed by atoms with Crippen molar-refractivity contribution in [1.29, 1.82) is 0 Å². The Labute approximate surface area is 201 Å². The summed E-state index contributed by atoms with van der Waals surface area (Å²) in [5.74, 6) is -3.15. The number of carbonyl (C=O) groups excluding carboxylic acids is 2. The number of aromatic nitrogens is 1. The van der Waals surface area contributed by atoms with Crippen molar-refractivity contribution in [2.45, 2.75) is 24.6 Å². The average Bonchev–Trinajstić information content (AvgIpc) is 3.21. The van der Waals surface area contributed by atoms with E-state index in [0.717, 1.165) is 12.1 Å². The van der Waals surface area contributed by atoms with Crippen molar-refractivity contribution < 1.29 is 37.4 Å². The zero-order valence-electron chi connectivity index (χ0n) is 18.5. The number of amides is 1. The highest BCUT2D eigenvalue weighted by Crippen LogP contribution is 2.37. The minimum absolute atomic E-state index is 0.0191. The molecule has 3 N–H and O–H groups in total. The van der Waals surface area contributed by atoms with Gasteiger partial charge in [-0.1, -0.05) is 30.3 Å². The zero-order chi connectivity index (χ0) is 26.0. The molecule has 1 aliphatic heterocycles. The Balaban J connectivity index is 1.56. The highest BCUT2D eigenvalue weighted by atomic mass is 19.4. The Morgan fingerprint density at radius 3 is 2.56 bits per heavy atom. The van der Waals surface area contributed by atoms with E-state index in [9.17, 15) is 32.3 Å². The normalized spacial score (nSPS) is 17.9. The number of hydrogen-bond donors (Lipinski definition) is 3. The zero-order valence-corrected chi connectivity index (χ0v) is 18.5. The fourth-order valence-corrected chi connectivity index (χ4v) is 4.12. The van der Waals surface area contributed by atoms with Crippen LogP contribution in [0, 0.1) is 0 Å². The molecule has 1 saturated heterocycles. The van der Waals surface area contributed by atoms with E-state index in [4.69, 9.17) is 9.84 Å². The number of carboxylic acid groups (broad SMARTS) is 1. The maximum atomic E-state index is 13.4. The SMILES string of the molecule is O=C(O)/C=C/C(=O)OCC1C[C@H](c2ccc3cc(-c4ccccc4C(F)(F)F)[nH]c(=O)c3c2)C(=O)N1. The molecule has 36 heavy (non-hydrogen) atoms. The molecule has 1 aromatic heterocycles. The van der Waals surface area contributed by atoms with E-state index in [0.29, 0.717) is 17.0 Å². The van der Waals surface area contributed by atoms with Crippen molar-refractivity contribution in [3.8, 4) is 11.3 Å². The van der Waals surface area contributed by atoms with E-state index in [1.54, 1.807) is 12.1 Å². The summed E-state index contributed by atoms with van der Waals surface area (Å²) < 4.78 is 45.2. The van der Waals surface area contributed by atoms with E-state index < -0.39 is 41.2 Å². The van der Waals surface area contributed by atoms with Crippen molar-refractivity contribution in [3.63, 3.8) is 0 Å². The number of carbonyl (C=O) groups is 3. The van der Waals surface area contributed by atoms with Crippen LogP contribution in [0.5, 0.6) is 0 Å². The summed E-state index contributed by atoms with van der Waals surface area (Å²) in [6.07, 6.45) is -2.94. The molecule has 1 aliphatic rings. The summed E-state index contributed by atoms with van der Waals surface area (Å²) in [7, 11) is 0. The number of aromatic amines is 1. The number of nitrogens with one attached hydrogen (secondary N) is 2. The molecule has 1 amide bonds. The molecule has 0 radical (unpaired) electrons. The summed E-state index contributed by atoms with van der Waals surface area (Å²) in [5.41, 5.74) is -1.09. The molecule has 0 spiro atoms. The van der Waals surface area contributed by atoms with Crippen LogP contribution in [0.15, 0.2) is 65.5 Å². The van der Waals surface area contributed by atoms with E-state index in [-0.39, 0.29) is 35.6 Å². The minimum Gasteiger partial charge on any atom is -0.478 e. The van der Waals surface area contributed by atoms with Crippen LogP contribution in [0.25, 0.3) is 22.0 Å². The van der Waals surface area contributed by atoms with Crippen LogP contribution < -0.4 is 10.9 Å². The van der Waals surface area contributed by atoms with Crippen LogP contribution in [0.1, 0.15) is 23.5 Å². The molecule has 0 saturated carbocycles. The summed E-state index contributed by atoms with van der Waals surface area (Å²) >= 11 is 0. The number of esters is 1. The molecule has 4 rings (SSSR count). The Hall–Kier alpha value is -4.41. The molecule has 0 bridgehead atoms. The van der Waals surface area contributed by atoms with Gasteiger partial charge in [-0.25, -0.2) is 9.59 Å². The van der Waals surface area contributed by atoms with E-state index >= 15 is 0 Å².